The number of rotatable bonds is 8. The zero-order valence-corrected chi connectivity index (χ0v) is 19.5. The third kappa shape index (κ3) is 6.23. The molecule has 6 nitrogen and oxygen atoms in total. The van der Waals surface area contributed by atoms with Gasteiger partial charge in [-0.05, 0) is 73.9 Å². The first-order chi connectivity index (χ1) is 15.8. The van der Waals surface area contributed by atoms with Gasteiger partial charge >= 0.3 is 5.97 Å². The van der Waals surface area contributed by atoms with Gasteiger partial charge in [-0.25, -0.2) is 4.79 Å². The summed E-state index contributed by atoms with van der Waals surface area (Å²) in [6.45, 7) is 5.98. The first-order valence-electron chi connectivity index (χ1n) is 10.6. The molecular weight excluding hydrogens is 436 g/mol. The van der Waals surface area contributed by atoms with Crippen molar-refractivity contribution < 1.29 is 19.5 Å². The smallest absolute Gasteiger partial charge is 0.336 e. The second-order valence-corrected chi connectivity index (χ2v) is 8.91. The summed E-state index contributed by atoms with van der Waals surface area (Å²) in [7, 11) is 0. The van der Waals surface area contributed by atoms with Gasteiger partial charge in [-0.3, -0.25) is 9.59 Å². The van der Waals surface area contributed by atoms with E-state index in [1.165, 1.54) is 29.5 Å². The summed E-state index contributed by atoms with van der Waals surface area (Å²) in [4.78, 5) is 37.7. The van der Waals surface area contributed by atoms with E-state index in [2.05, 4.69) is 10.6 Å². The van der Waals surface area contributed by atoms with Crippen LogP contribution >= 0.6 is 11.8 Å². The third-order valence-corrected chi connectivity index (χ3v) is 6.57. The van der Waals surface area contributed by atoms with Gasteiger partial charge in [0.25, 0.3) is 5.91 Å². The number of carboxylic acids is 1. The van der Waals surface area contributed by atoms with Gasteiger partial charge in [0.15, 0.2) is 0 Å². The van der Waals surface area contributed by atoms with E-state index in [-0.39, 0.29) is 22.3 Å². The Labute approximate surface area is 197 Å². The first kappa shape index (κ1) is 24.1. The van der Waals surface area contributed by atoms with Gasteiger partial charge in [0.1, 0.15) is 0 Å². The molecule has 0 spiro atoms. The van der Waals surface area contributed by atoms with Gasteiger partial charge in [0.2, 0.25) is 5.91 Å². The fraction of sp³-hybridized carbons (Fsp3) is 0.192. The maximum atomic E-state index is 12.8. The molecule has 0 aliphatic rings. The number of anilines is 2. The van der Waals surface area contributed by atoms with Gasteiger partial charge in [0, 0.05) is 16.3 Å². The summed E-state index contributed by atoms with van der Waals surface area (Å²) >= 11 is 1.41. The predicted molar refractivity (Wildman–Crippen MR) is 132 cm³/mol. The largest absolute Gasteiger partial charge is 0.478 e. The van der Waals surface area contributed by atoms with E-state index in [1.807, 2.05) is 45.0 Å². The highest BCUT2D eigenvalue weighted by atomic mass is 32.2. The normalized spacial score (nSPS) is 11.5. The SMILES string of the molecule is CCC(Sc1cccc(NC(=O)c2ccccc2C(=O)O)c1)C(=O)Nc1ccc(C)c(C)c1. The molecule has 33 heavy (non-hydrogen) atoms. The summed E-state index contributed by atoms with van der Waals surface area (Å²) in [6.07, 6.45) is 0.629. The second kappa shape index (κ2) is 10.8. The highest BCUT2D eigenvalue weighted by Crippen LogP contribution is 2.29. The molecule has 3 aromatic rings. The van der Waals surface area contributed by atoms with Crippen molar-refractivity contribution in [1.29, 1.82) is 0 Å². The van der Waals surface area contributed by atoms with Gasteiger partial charge in [-0.1, -0.05) is 31.2 Å². The van der Waals surface area contributed by atoms with Crippen molar-refractivity contribution in [3.05, 3.63) is 89.0 Å². The van der Waals surface area contributed by atoms with Gasteiger partial charge in [0.05, 0.1) is 16.4 Å². The zero-order valence-electron chi connectivity index (χ0n) is 18.7. The van der Waals surface area contributed by atoms with E-state index < -0.39 is 11.9 Å². The summed E-state index contributed by atoms with van der Waals surface area (Å²) in [5.74, 6) is -1.75. The van der Waals surface area contributed by atoms with Crippen molar-refractivity contribution in [3.63, 3.8) is 0 Å². The maximum Gasteiger partial charge on any atom is 0.336 e. The zero-order chi connectivity index (χ0) is 24.0. The molecule has 0 aliphatic heterocycles. The Morgan fingerprint density at radius 2 is 1.55 bits per heavy atom. The van der Waals surface area contributed by atoms with Crippen LogP contribution < -0.4 is 10.6 Å². The number of aryl methyl sites for hydroxylation is 2. The van der Waals surface area contributed by atoms with Crippen LogP contribution in [0, 0.1) is 13.8 Å². The number of carboxylic acid groups (broad SMARTS) is 1. The number of amides is 2. The Bertz CT molecular complexity index is 1190. The number of benzene rings is 3. The predicted octanol–water partition coefficient (Wildman–Crippen LogP) is 5.76. The highest BCUT2D eigenvalue weighted by molar-refractivity contribution is 8.00. The van der Waals surface area contributed by atoms with Crippen LogP contribution in [-0.4, -0.2) is 28.1 Å². The van der Waals surface area contributed by atoms with Crippen LogP contribution in [0.1, 0.15) is 45.2 Å². The third-order valence-electron chi connectivity index (χ3n) is 5.21. The van der Waals surface area contributed by atoms with Gasteiger partial charge in [-0.2, -0.15) is 0 Å². The van der Waals surface area contributed by atoms with Crippen LogP contribution in [0.3, 0.4) is 0 Å². The fourth-order valence-electron chi connectivity index (χ4n) is 3.24. The summed E-state index contributed by atoms with van der Waals surface area (Å²) in [5, 5.41) is 14.7. The quantitative estimate of drug-likeness (QED) is 0.370. The Balaban J connectivity index is 1.70. The molecule has 0 radical (unpaired) electrons. The minimum absolute atomic E-state index is 0.0606. The van der Waals surface area contributed by atoms with Gasteiger partial charge in [-0.15, -0.1) is 11.8 Å². The lowest BCUT2D eigenvalue weighted by Gasteiger charge is -2.16. The number of hydrogen-bond acceptors (Lipinski definition) is 4. The Morgan fingerprint density at radius 1 is 0.848 bits per heavy atom. The molecule has 7 heteroatoms. The number of hydrogen-bond donors (Lipinski definition) is 3. The molecule has 0 saturated carbocycles. The molecule has 1 atom stereocenters. The standard InChI is InChI=1S/C26H26N2O4S/c1-4-23(25(30)28-19-13-12-16(2)17(3)14-19)33-20-9-7-8-18(15-20)27-24(29)21-10-5-6-11-22(21)26(31)32/h5-15,23H,4H2,1-3H3,(H,27,29)(H,28,30)(H,31,32). The maximum absolute atomic E-state index is 12.8. The minimum Gasteiger partial charge on any atom is -0.478 e. The van der Waals surface area contributed by atoms with Crippen molar-refractivity contribution in [2.24, 2.45) is 0 Å². The number of nitrogens with one attached hydrogen (secondary N) is 2. The van der Waals surface area contributed by atoms with Crippen LogP contribution in [0.25, 0.3) is 0 Å². The molecule has 0 fully saturated rings. The Kier molecular flexibility index (Phi) is 7.90. The topological polar surface area (TPSA) is 95.5 Å². The number of carbonyl (C=O) groups is 3. The molecule has 0 bridgehead atoms. The van der Waals surface area contributed by atoms with E-state index in [0.717, 1.165) is 16.1 Å². The summed E-state index contributed by atoms with van der Waals surface area (Å²) < 4.78 is 0. The molecule has 0 saturated heterocycles. The summed E-state index contributed by atoms with van der Waals surface area (Å²) in [6, 6.07) is 19.0. The van der Waals surface area contributed by atoms with Crippen molar-refractivity contribution >= 4 is 40.9 Å². The highest BCUT2D eigenvalue weighted by Gasteiger charge is 2.19. The molecule has 3 rings (SSSR count). The molecule has 170 valence electrons. The molecule has 0 heterocycles. The van der Waals surface area contributed by atoms with E-state index in [0.29, 0.717) is 12.1 Å². The van der Waals surface area contributed by atoms with Crippen LogP contribution in [0.15, 0.2) is 71.6 Å². The molecule has 2 amide bonds. The average Bonchev–Trinajstić information content (AvgIpc) is 2.80. The van der Waals surface area contributed by atoms with Crippen LogP contribution in [0.2, 0.25) is 0 Å². The molecule has 1 unspecified atom stereocenters. The van der Waals surface area contributed by atoms with Crippen molar-refractivity contribution in [2.45, 2.75) is 37.3 Å². The molecule has 0 aliphatic carbocycles. The van der Waals surface area contributed by atoms with Crippen LogP contribution in [0.5, 0.6) is 0 Å². The number of aromatic carboxylic acids is 1. The number of thioether (sulfide) groups is 1. The lowest BCUT2D eigenvalue weighted by atomic mass is 10.1. The Hall–Kier alpha value is -3.58. The van der Waals surface area contributed by atoms with E-state index in [1.54, 1.807) is 30.3 Å². The van der Waals surface area contributed by atoms with Gasteiger partial charge < -0.3 is 15.7 Å². The van der Waals surface area contributed by atoms with E-state index in [4.69, 9.17) is 0 Å². The summed E-state index contributed by atoms with van der Waals surface area (Å²) in [5.41, 5.74) is 3.59. The first-order valence-corrected chi connectivity index (χ1v) is 11.4. The van der Waals surface area contributed by atoms with Crippen molar-refractivity contribution in [1.82, 2.24) is 0 Å². The lowest BCUT2D eigenvalue weighted by molar-refractivity contribution is -0.115. The molecule has 3 aromatic carbocycles. The molecule has 3 N–H and O–H groups in total. The lowest BCUT2D eigenvalue weighted by Crippen LogP contribution is -2.24. The monoisotopic (exact) mass is 462 g/mol. The van der Waals surface area contributed by atoms with Crippen LogP contribution in [-0.2, 0) is 4.79 Å². The molecule has 0 aromatic heterocycles. The van der Waals surface area contributed by atoms with E-state index in [9.17, 15) is 19.5 Å². The Morgan fingerprint density at radius 3 is 2.21 bits per heavy atom. The second-order valence-electron chi connectivity index (χ2n) is 7.64. The van der Waals surface area contributed by atoms with E-state index >= 15 is 0 Å². The minimum atomic E-state index is -1.16. The van der Waals surface area contributed by atoms with Crippen LogP contribution in [0.4, 0.5) is 11.4 Å². The van der Waals surface area contributed by atoms with Crippen molar-refractivity contribution in [3.8, 4) is 0 Å². The van der Waals surface area contributed by atoms with Crippen molar-refractivity contribution in [2.75, 3.05) is 10.6 Å². The fourth-order valence-corrected chi connectivity index (χ4v) is 4.25. The molecular formula is C26H26N2O4S. The number of carbonyl (C=O) groups excluding carboxylic acids is 2. The average molecular weight is 463 g/mol.